The molecule has 5 rings (SSSR count). The van der Waals surface area contributed by atoms with Crippen LogP contribution >= 0.6 is 0 Å². The molecule has 7 nitrogen and oxygen atoms in total. The lowest BCUT2D eigenvalue weighted by molar-refractivity contribution is 0.0950. The largest absolute Gasteiger partial charge is 0.497 e. The van der Waals surface area contributed by atoms with Crippen LogP contribution in [0.2, 0.25) is 0 Å². The maximum absolute atomic E-state index is 14.0. The summed E-state index contributed by atoms with van der Waals surface area (Å²) in [6.45, 7) is 0. The number of carbonyl (C=O) groups is 1. The van der Waals surface area contributed by atoms with Crippen LogP contribution < -0.4 is 10.3 Å². The number of ketones is 1. The highest BCUT2D eigenvalue weighted by Crippen LogP contribution is 2.36. The molecule has 0 aliphatic heterocycles. The molecule has 0 aliphatic rings. The Morgan fingerprint density at radius 1 is 0.861 bits per heavy atom. The number of nitrogens with zero attached hydrogens (tertiary/aromatic N) is 2. The van der Waals surface area contributed by atoms with Gasteiger partial charge in [-0.15, -0.1) is 0 Å². The van der Waals surface area contributed by atoms with Crippen LogP contribution in [0.15, 0.2) is 113 Å². The van der Waals surface area contributed by atoms with Gasteiger partial charge < -0.3 is 14.3 Å². The van der Waals surface area contributed by atoms with Crippen LogP contribution in [0.3, 0.4) is 0 Å². The fraction of sp³-hybridized carbons (Fsp3) is 0.103. The molecule has 36 heavy (non-hydrogen) atoms. The van der Waals surface area contributed by atoms with Gasteiger partial charge in [0.2, 0.25) is 5.88 Å². The number of ether oxygens (including phenoxy) is 1. The van der Waals surface area contributed by atoms with Crippen LogP contribution in [0.1, 0.15) is 34.0 Å². The monoisotopic (exact) mass is 480 g/mol. The quantitative estimate of drug-likeness (QED) is 0.303. The van der Waals surface area contributed by atoms with Crippen molar-refractivity contribution in [3.8, 4) is 23.0 Å². The predicted molar refractivity (Wildman–Crippen MR) is 136 cm³/mol. The van der Waals surface area contributed by atoms with E-state index in [1.807, 2.05) is 36.4 Å². The smallest absolute Gasteiger partial charge is 0.279 e. The lowest BCUT2D eigenvalue weighted by Crippen LogP contribution is -2.23. The summed E-state index contributed by atoms with van der Waals surface area (Å²) in [5.74, 6) is -0.413. The third kappa shape index (κ3) is 4.22. The van der Waals surface area contributed by atoms with Crippen molar-refractivity contribution < 1.29 is 19.1 Å². The second-order valence-corrected chi connectivity index (χ2v) is 8.27. The van der Waals surface area contributed by atoms with Gasteiger partial charge in [0.15, 0.2) is 11.5 Å². The molecule has 7 heteroatoms. The van der Waals surface area contributed by atoms with Crippen molar-refractivity contribution in [1.82, 2.24) is 9.36 Å². The van der Waals surface area contributed by atoms with E-state index in [0.29, 0.717) is 22.7 Å². The molecule has 0 saturated carbocycles. The zero-order valence-electron chi connectivity index (χ0n) is 19.6. The number of rotatable bonds is 8. The van der Waals surface area contributed by atoms with Crippen molar-refractivity contribution in [3.63, 3.8) is 0 Å². The van der Waals surface area contributed by atoms with Crippen molar-refractivity contribution in [3.05, 3.63) is 131 Å². The number of methoxy groups -OCH3 is 1. The molecule has 0 spiro atoms. The van der Waals surface area contributed by atoms with Crippen molar-refractivity contribution in [2.45, 2.75) is 12.3 Å². The van der Waals surface area contributed by atoms with Gasteiger partial charge in [0.05, 0.1) is 30.3 Å². The zero-order chi connectivity index (χ0) is 25.1. The summed E-state index contributed by atoms with van der Waals surface area (Å²) in [5, 5.41) is 11.6. The molecule has 0 bridgehead atoms. The van der Waals surface area contributed by atoms with E-state index in [-0.39, 0.29) is 29.4 Å². The molecule has 0 amide bonds. The first-order chi connectivity index (χ1) is 17.6. The van der Waals surface area contributed by atoms with Gasteiger partial charge in [0.1, 0.15) is 5.75 Å². The third-order valence-electron chi connectivity index (χ3n) is 6.12. The van der Waals surface area contributed by atoms with Gasteiger partial charge >= 0.3 is 0 Å². The Hall–Kier alpha value is -4.78. The number of benzene rings is 3. The van der Waals surface area contributed by atoms with E-state index in [2.05, 4.69) is 0 Å². The molecular formula is C29H24N2O5. The van der Waals surface area contributed by atoms with Gasteiger partial charge in [-0.1, -0.05) is 48.5 Å². The summed E-state index contributed by atoms with van der Waals surface area (Å²) in [5.41, 5.74) is 1.57. The Kier molecular flexibility index (Phi) is 6.28. The predicted octanol–water partition coefficient (Wildman–Crippen LogP) is 5.34. The van der Waals surface area contributed by atoms with Gasteiger partial charge in [0, 0.05) is 12.3 Å². The molecule has 1 atom stereocenters. The molecule has 3 aromatic carbocycles. The Bertz CT molecular complexity index is 1520. The van der Waals surface area contributed by atoms with Gasteiger partial charge in [-0.2, -0.15) is 0 Å². The molecule has 0 fully saturated rings. The van der Waals surface area contributed by atoms with Crippen molar-refractivity contribution in [2.24, 2.45) is 0 Å². The first-order valence-corrected chi connectivity index (χ1v) is 11.5. The molecule has 180 valence electrons. The van der Waals surface area contributed by atoms with Crippen LogP contribution in [0.4, 0.5) is 0 Å². The Balaban J connectivity index is 1.74. The maximum atomic E-state index is 14.0. The minimum absolute atomic E-state index is 0.0732. The van der Waals surface area contributed by atoms with E-state index in [1.54, 1.807) is 67.8 Å². The molecule has 1 N–H and O–H groups in total. The van der Waals surface area contributed by atoms with E-state index in [4.69, 9.17) is 9.15 Å². The number of carbonyl (C=O) groups excluding carboxylic acids is 1. The van der Waals surface area contributed by atoms with Gasteiger partial charge in [-0.3, -0.25) is 9.59 Å². The number of hydrogen-bond donors (Lipinski definition) is 1. The summed E-state index contributed by atoms with van der Waals surface area (Å²) in [6.07, 6.45) is 1.36. The lowest BCUT2D eigenvalue weighted by Gasteiger charge is -2.16. The van der Waals surface area contributed by atoms with E-state index >= 15 is 0 Å². The van der Waals surface area contributed by atoms with Crippen LogP contribution in [0.25, 0.3) is 11.4 Å². The molecule has 2 aromatic heterocycles. The average molecular weight is 481 g/mol. The second kappa shape index (κ2) is 9.84. The number of aromatic nitrogens is 2. The Labute approximate surface area is 207 Å². The molecule has 0 saturated heterocycles. The first kappa shape index (κ1) is 23.0. The number of para-hydroxylation sites is 2. The Morgan fingerprint density at radius 3 is 2.03 bits per heavy atom. The van der Waals surface area contributed by atoms with E-state index in [1.165, 1.54) is 15.6 Å². The topological polar surface area (TPSA) is 86.6 Å². The van der Waals surface area contributed by atoms with Crippen molar-refractivity contribution in [2.75, 3.05) is 7.11 Å². The normalized spacial score (nSPS) is 11.8. The second-order valence-electron chi connectivity index (χ2n) is 8.27. The summed E-state index contributed by atoms with van der Waals surface area (Å²) >= 11 is 0. The lowest BCUT2D eigenvalue weighted by atomic mass is 9.87. The van der Waals surface area contributed by atoms with E-state index in [9.17, 15) is 14.7 Å². The highest BCUT2D eigenvalue weighted by atomic mass is 16.5. The van der Waals surface area contributed by atoms with Crippen LogP contribution in [0.5, 0.6) is 11.6 Å². The highest BCUT2D eigenvalue weighted by molar-refractivity contribution is 5.94. The van der Waals surface area contributed by atoms with Crippen LogP contribution in [-0.2, 0) is 0 Å². The van der Waals surface area contributed by atoms with Gasteiger partial charge in [-0.25, -0.2) is 9.36 Å². The number of Topliss-reactive ketones (excluding diaryl/α,β-unsaturated/α-hetero) is 1. The Morgan fingerprint density at radius 2 is 1.47 bits per heavy atom. The summed E-state index contributed by atoms with van der Waals surface area (Å²) in [7, 11) is 1.57. The standard InChI is InChI=1S/C29H24N2O5/c1-35-23-16-14-20(15-17-23)24(19-25(32)26-13-8-18-36-26)27-28(33)30(21-9-4-2-5-10-21)31(29(27)34)22-11-6-3-7-12-22/h2-18,24,33H,19H2,1H3. The fourth-order valence-corrected chi connectivity index (χ4v) is 4.37. The van der Waals surface area contributed by atoms with E-state index < -0.39 is 11.5 Å². The maximum Gasteiger partial charge on any atom is 0.279 e. The number of hydrogen-bond acceptors (Lipinski definition) is 5. The highest BCUT2D eigenvalue weighted by Gasteiger charge is 2.31. The summed E-state index contributed by atoms with van der Waals surface area (Å²) in [4.78, 5) is 27.1. The minimum Gasteiger partial charge on any atom is -0.497 e. The average Bonchev–Trinajstić information content (AvgIpc) is 3.55. The minimum atomic E-state index is -0.735. The van der Waals surface area contributed by atoms with Crippen molar-refractivity contribution in [1.29, 1.82) is 0 Å². The molecule has 5 aromatic rings. The summed E-state index contributed by atoms with van der Waals surface area (Å²) in [6, 6.07) is 28.6. The number of furan rings is 1. The molecule has 2 heterocycles. The van der Waals surface area contributed by atoms with Gasteiger partial charge in [-0.05, 0) is 54.1 Å². The SMILES string of the molecule is COc1ccc(C(CC(=O)c2ccco2)c2c(O)n(-c3ccccc3)n(-c3ccccc3)c2=O)cc1. The van der Waals surface area contributed by atoms with Crippen molar-refractivity contribution >= 4 is 5.78 Å². The van der Waals surface area contributed by atoms with Crippen LogP contribution in [0, 0.1) is 0 Å². The van der Waals surface area contributed by atoms with E-state index in [0.717, 1.165) is 0 Å². The first-order valence-electron chi connectivity index (χ1n) is 11.5. The summed E-state index contributed by atoms with van der Waals surface area (Å²) < 4.78 is 13.5. The van der Waals surface area contributed by atoms with Gasteiger partial charge in [0.25, 0.3) is 5.56 Å². The molecule has 1 unspecified atom stereocenters. The molecular weight excluding hydrogens is 456 g/mol. The molecule has 0 radical (unpaired) electrons. The zero-order valence-corrected chi connectivity index (χ0v) is 19.6. The van der Waals surface area contributed by atoms with Crippen LogP contribution in [-0.4, -0.2) is 27.4 Å². The fourth-order valence-electron chi connectivity index (χ4n) is 4.37. The number of aromatic hydroxyl groups is 1. The molecule has 0 aliphatic carbocycles. The third-order valence-corrected chi connectivity index (χ3v) is 6.12.